The first-order valence-corrected chi connectivity index (χ1v) is 13.6. The molecule has 0 atom stereocenters. The maximum Gasteiger partial charge on any atom is 0.323 e. The summed E-state index contributed by atoms with van der Waals surface area (Å²) in [5.74, 6) is -0.585. The Kier molecular flexibility index (Phi) is 7.21. The summed E-state index contributed by atoms with van der Waals surface area (Å²) >= 11 is 0. The van der Waals surface area contributed by atoms with Crippen LogP contribution >= 0.6 is 0 Å². The van der Waals surface area contributed by atoms with Crippen LogP contribution in [0, 0.1) is 0 Å². The van der Waals surface area contributed by atoms with Crippen molar-refractivity contribution in [1.29, 1.82) is 0 Å². The van der Waals surface area contributed by atoms with Crippen LogP contribution in [0.25, 0.3) is 27.7 Å². The monoisotopic (exact) mass is 524 g/mol. The van der Waals surface area contributed by atoms with Gasteiger partial charge in [-0.2, -0.15) is 0 Å². The molecule has 1 saturated carbocycles. The molecule has 0 unspecified atom stereocenters. The summed E-state index contributed by atoms with van der Waals surface area (Å²) in [5, 5.41) is 10.2. The van der Waals surface area contributed by atoms with Crippen LogP contribution in [0.4, 0.5) is 0 Å². The molecule has 3 aromatic carbocycles. The van der Waals surface area contributed by atoms with Crippen LogP contribution in [0.3, 0.4) is 0 Å². The van der Waals surface area contributed by atoms with E-state index in [1.165, 1.54) is 30.4 Å². The lowest BCUT2D eigenvalue weighted by Crippen LogP contribution is -2.33. The van der Waals surface area contributed by atoms with Crippen molar-refractivity contribution in [2.24, 2.45) is 0 Å². The van der Waals surface area contributed by atoms with Crippen LogP contribution in [-0.2, 0) is 10.2 Å². The maximum atomic E-state index is 13.4. The Balaban J connectivity index is 1.54. The Hall–Kier alpha value is -4.06. The quantitative estimate of drug-likeness (QED) is 0.281. The molecular weight excluding hydrogens is 488 g/mol. The molecule has 1 fully saturated rings. The van der Waals surface area contributed by atoms with E-state index in [0.717, 1.165) is 46.3 Å². The van der Waals surface area contributed by atoms with Crippen molar-refractivity contribution in [2.75, 3.05) is 13.6 Å². The first-order chi connectivity index (χ1) is 18.6. The van der Waals surface area contributed by atoms with Gasteiger partial charge in [-0.25, -0.2) is 0 Å². The fraction of sp³-hybridized carbons (Fsp3) is 0.333. The van der Waals surface area contributed by atoms with Gasteiger partial charge in [0.2, 0.25) is 0 Å². The van der Waals surface area contributed by atoms with Crippen LogP contribution in [0.15, 0.2) is 72.8 Å². The van der Waals surface area contributed by atoms with Gasteiger partial charge in [-0.1, -0.05) is 51.1 Å². The normalized spacial score (nSPS) is 14.1. The van der Waals surface area contributed by atoms with E-state index in [1.54, 1.807) is 0 Å². The zero-order valence-electron chi connectivity index (χ0n) is 23.1. The van der Waals surface area contributed by atoms with Gasteiger partial charge in [0.1, 0.15) is 18.0 Å². The molecule has 1 aliphatic carbocycles. The molecule has 1 aromatic heterocycles. The van der Waals surface area contributed by atoms with E-state index in [9.17, 15) is 14.7 Å². The van der Waals surface area contributed by atoms with E-state index >= 15 is 0 Å². The zero-order valence-corrected chi connectivity index (χ0v) is 23.1. The van der Waals surface area contributed by atoms with Gasteiger partial charge in [0.05, 0.1) is 11.6 Å². The van der Waals surface area contributed by atoms with Crippen LogP contribution in [-0.4, -0.2) is 46.1 Å². The molecule has 0 saturated heterocycles. The maximum absolute atomic E-state index is 13.4. The number of amides is 1. The van der Waals surface area contributed by atoms with Crippen molar-refractivity contribution in [3.8, 4) is 22.6 Å². The minimum absolute atomic E-state index is 0.0780. The second-order valence-electron chi connectivity index (χ2n) is 11.5. The lowest BCUT2D eigenvalue weighted by Gasteiger charge is -2.19. The second-order valence-corrected chi connectivity index (χ2v) is 11.5. The highest BCUT2D eigenvalue weighted by atomic mass is 16.5. The molecule has 6 nitrogen and oxygen atoms in total. The number of carbonyl (C=O) groups excluding carboxylic acids is 1. The largest absolute Gasteiger partial charge is 0.490 e. The molecule has 4 aromatic rings. The minimum Gasteiger partial charge on any atom is -0.490 e. The van der Waals surface area contributed by atoms with Gasteiger partial charge in [-0.05, 0) is 90.3 Å². The van der Waals surface area contributed by atoms with E-state index in [4.69, 9.17) is 4.74 Å². The number of aromatic nitrogens is 1. The number of fused-ring (bicyclic) bond motifs is 1. The number of carboxylic acid groups (broad SMARTS) is 1. The van der Waals surface area contributed by atoms with E-state index in [1.807, 2.05) is 41.0 Å². The van der Waals surface area contributed by atoms with Crippen LogP contribution in [0.2, 0.25) is 0 Å². The lowest BCUT2D eigenvalue weighted by molar-refractivity contribution is -0.137. The molecule has 1 amide bonds. The number of aliphatic carboxylic acids is 1. The number of rotatable bonds is 7. The topological polar surface area (TPSA) is 71.8 Å². The Bertz CT molecular complexity index is 1490. The van der Waals surface area contributed by atoms with E-state index in [2.05, 4.69) is 57.2 Å². The third-order valence-corrected chi connectivity index (χ3v) is 7.52. The summed E-state index contributed by atoms with van der Waals surface area (Å²) in [7, 11) is 1.51. The predicted octanol–water partition coefficient (Wildman–Crippen LogP) is 7.07. The summed E-state index contributed by atoms with van der Waals surface area (Å²) in [6.07, 6.45) is 4.84. The van der Waals surface area contributed by atoms with Gasteiger partial charge in [-0.3, -0.25) is 9.59 Å². The standard InChI is InChI=1S/C33H36N2O4/c1-33(2,3)25-12-9-22(10-13-25)23-11-18-29-24(19-23)20-30(32(38)34(4)21-31(36)37)35(29)26-14-16-28(17-15-26)39-27-7-5-6-8-27/h9-20,27H,5-8,21H2,1-4H3,(H,36,37). The average molecular weight is 525 g/mol. The van der Waals surface area contributed by atoms with Crippen LogP contribution in [0.1, 0.15) is 62.5 Å². The summed E-state index contributed by atoms with van der Waals surface area (Å²) in [6.45, 7) is 6.22. The molecule has 202 valence electrons. The fourth-order valence-corrected chi connectivity index (χ4v) is 5.34. The Labute approximate surface area is 229 Å². The zero-order chi connectivity index (χ0) is 27.7. The molecule has 6 heteroatoms. The highest BCUT2D eigenvalue weighted by Crippen LogP contribution is 2.32. The van der Waals surface area contributed by atoms with Crippen molar-refractivity contribution in [1.82, 2.24) is 9.47 Å². The molecule has 0 aliphatic heterocycles. The van der Waals surface area contributed by atoms with Crippen molar-refractivity contribution in [3.63, 3.8) is 0 Å². The third kappa shape index (κ3) is 5.70. The van der Waals surface area contributed by atoms with Gasteiger partial charge < -0.3 is 19.3 Å². The molecule has 0 bridgehead atoms. The summed E-state index contributed by atoms with van der Waals surface area (Å²) in [5.41, 5.74) is 5.61. The van der Waals surface area contributed by atoms with E-state index in [-0.39, 0.29) is 24.0 Å². The first kappa shape index (κ1) is 26.5. The van der Waals surface area contributed by atoms with Crippen molar-refractivity contribution < 1.29 is 19.4 Å². The van der Waals surface area contributed by atoms with Gasteiger partial charge in [0.15, 0.2) is 0 Å². The molecule has 1 N–H and O–H groups in total. The molecule has 5 rings (SSSR count). The number of benzene rings is 3. The number of hydrogen-bond acceptors (Lipinski definition) is 3. The third-order valence-electron chi connectivity index (χ3n) is 7.52. The molecule has 0 radical (unpaired) electrons. The molecule has 1 aliphatic rings. The minimum atomic E-state index is -1.05. The van der Waals surface area contributed by atoms with Gasteiger partial charge in [0, 0.05) is 18.1 Å². The predicted molar refractivity (Wildman–Crippen MR) is 155 cm³/mol. The van der Waals surface area contributed by atoms with E-state index < -0.39 is 5.97 Å². The van der Waals surface area contributed by atoms with Crippen molar-refractivity contribution >= 4 is 22.8 Å². The molecule has 39 heavy (non-hydrogen) atoms. The number of ether oxygens (including phenoxy) is 1. The number of nitrogens with zero attached hydrogens (tertiary/aromatic N) is 2. The highest BCUT2D eigenvalue weighted by Gasteiger charge is 2.23. The van der Waals surface area contributed by atoms with E-state index in [0.29, 0.717) is 5.69 Å². The van der Waals surface area contributed by atoms with Crippen LogP contribution < -0.4 is 4.74 Å². The Morgan fingerprint density at radius 2 is 1.56 bits per heavy atom. The SMILES string of the molecule is CN(CC(=O)O)C(=O)c1cc2cc(-c3ccc(C(C)(C)C)cc3)ccc2n1-c1ccc(OC2CCCC2)cc1. The Morgan fingerprint density at radius 1 is 0.923 bits per heavy atom. The number of hydrogen-bond donors (Lipinski definition) is 1. The number of likely N-dealkylation sites (N-methyl/N-ethyl adjacent to an activating group) is 1. The first-order valence-electron chi connectivity index (χ1n) is 13.6. The van der Waals surface area contributed by atoms with Gasteiger partial charge in [-0.15, -0.1) is 0 Å². The highest BCUT2D eigenvalue weighted by molar-refractivity contribution is 6.01. The smallest absolute Gasteiger partial charge is 0.323 e. The van der Waals surface area contributed by atoms with Crippen molar-refractivity contribution in [3.05, 3.63) is 84.1 Å². The van der Waals surface area contributed by atoms with Gasteiger partial charge >= 0.3 is 5.97 Å². The second kappa shape index (κ2) is 10.6. The molecule has 1 heterocycles. The summed E-state index contributed by atoms with van der Waals surface area (Å²) in [4.78, 5) is 26.0. The lowest BCUT2D eigenvalue weighted by atomic mass is 9.86. The van der Waals surface area contributed by atoms with Gasteiger partial charge in [0.25, 0.3) is 5.91 Å². The number of carboxylic acids is 1. The van der Waals surface area contributed by atoms with Crippen LogP contribution in [0.5, 0.6) is 5.75 Å². The molecular formula is C33H36N2O4. The fourth-order valence-electron chi connectivity index (χ4n) is 5.34. The number of carbonyl (C=O) groups is 2. The molecule has 0 spiro atoms. The van der Waals surface area contributed by atoms with Crippen molar-refractivity contribution in [2.45, 2.75) is 58.0 Å². The average Bonchev–Trinajstić information content (AvgIpc) is 3.55. The summed E-state index contributed by atoms with van der Waals surface area (Å²) in [6, 6.07) is 24.4. The summed E-state index contributed by atoms with van der Waals surface area (Å²) < 4.78 is 8.04. The Morgan fingerprint density at radius 3 is 2.18 bits per heavy atom.